The highest BCUT2D eigenvalue weighted by Crippen LogP contribution is 2.18. The average molecular weight is 549 g/mol. The molecule has 1 saturated heterocycles. The second-order valence-electron chi connectivity index (χ2n) is 7.67. The lowest BCUT2D eigenvalue weighted by atomic mass is 10.1. The summed E-state index contributed by atoms with van der Waals surface area (Å²) in [7, 11) is 1.67. The van der Waals surface area contributed by atoms with E-state index >= 15 is 0 Å². The molecule has 1 amide bonds. The van der Waals surface area contributed by atoms with Crippen LogP contribution in [-0.4, -0.2) is 58.9 Å². The molecule has 2 N–H and O–H groups in total. The van der Waals surface area contributed by atoms with Gasteiger partial charge in [0.2, 0.25) is 11.7 Å². The number of halogens is 2. The number of likely N-dealkylation sites (tertiary alicyclic amines) is 1. The minimum atomic E-state index is -0.498. The second kappa shape index (κ2) is 10.3. The fourth-order valence-electron chi connectivity index (χ4n) is 2.64. The molecule has 1 aromatic heterocycles. The maximum absolute atomic E-state index is 12.0. The molecular weight excluding hydrogens is 523 g/mol. The molecule has 164 valence electrons. The molecule has 9 nitrogen and oxygen atoms in total. The van der Waals surface area contributed by atoms with Crippen molar-refractivity contribution in [2.75, 3.05) is 20.1 Å². The summed E-state index contributed by atoms with van der Waals surface area (Å²) < 4.78 is 10.6. The summed E-state index contributed by atoms with van der Waals surface area (Å²) in [5.74, 6) is 1.51. The Balaban J connectivity index is 0.00000320. The van der Waals surface area contributed by atoms with Crippen LogP contribution in [0.3, 0.4) is 0 Å². The Labute approximate surface area is 197 Å². The average Bonchev–Trinajstić information content (AvgIpc) is 3.08. The van der Waals surface area contributed by atoms with Gasteiger partial charge in [-0.15, -0.1) is 24.0 Å². The van der Waals surface area contributed by atoms with Gasteiger partial charge in [0.25, 0.3) is 0 Å². The van der Waals surface area contributed by atoms with Crippen molar-refractivity contribution in [1.82, 2.24) is 25.7 Å². The van der Waals surface area contributed by atoms with Gasteiger partial charge in [0, 0.05) is 30.7 Å². The first kappa shape index (κ1) is 24.2. The first-order chi connectivity index (χ1) is 13.7. The number of rotatable bonds is 4. The molecule has 1 fully saturated rings. The van der Waals surface area contributed by atoms with Gasteiger partial charge in [-0.2, -0.15) is 4.98 Å². The molecule has 0 saturated carbocycles. The maximum atomic E-state index is 12.0. The van der Waals surface area contributed by atoms with Crippen molar-refractivity contribution >= 4 is 47.6 Å². The number of guanidine groups is 1. The number of carbonyl (C=O) groups excluding carboxylic acids is 1. The number of aromatic nitrogens is 2. The Morgan fingerprint density at radius 2 is 2.00 bits per heavy atom. The van der Waals surface area contributed by atoms with Crippen LogP contribution in [0.15, 0.2) is 33.8 Å². The predicted molar refractivity (Wildman–Crippen MR) is 125 cm³/mol. The standard InChI is InChI=1S/C19H25ClN6O3.HI/c1-19(2,3)28-18(27)26-10-14(11-26)23-17(21-4)22-9-15-24-16(25-29-15)12-5-7-13(20)8-6-12;/h5-8,14H,9-11H2,1-4H3,(H2,21,22,23);1H. The molecule has 0 bridgehead atoms. The van der Waals surface area contributed by atoms with Crippen LogP contribution in [-0.2, 0) is 11.3 Å². The van der Waals surface area contributed by atoms with Gasteiger partial charge in [0.05, 0.1) is 12.6 Å². The Morgan fingerprint density at radius 3 is 2.60 bits per heavy atom. The number of hydrogen-bond acceptors (Lipinski definition) is 6. The van der Waals surface area contributed by atoms with Crippen molar-refractivity contribution in [3.8, 4) is 11.4 Å². The first-order valence-electron chi connectivity index (χ1n) is 9.27. The Kier molecular flexibility index (Phi) is 8.30. The number of ether oxygens (including phenoxy) is 1. The van der Waals surface area contributed by atoms with Crippen LogP contribution in [0.4, 0.5) is 4.79 Å². The van der Waals surface area contributed by atoms with Gasteiger partial charge >= 0.3 is 6.09 Å². The summed E-state index contributed by atoms with van der Waals surface area (Å²) in [6.45, 7) is 6.97. The molecule has 11 heteroatoms. The monoisotopic (exact) mass is 548 g/mol. The molecule has 1 aliphatic heterocycles. The SMILES string of the molecule is CN=C(NCc1nc(-c2ccc(Cl)cc2)no1)NC1CN(C(=O)OC(C)(C)C)C1.I. The van der Waals surface area contributed by atoms with Crippen LogP contribution in [0.1, 0.15) is 26.7 Å². The minimum absolute atomic E-state index is 0. The number of nitrogens with zero attached hydrogens (tertiary/aromatic N) is 4. The fraction of sp³-hybridized carbons (Fsp3) is 0.474. The van der Waals surface area contributed by atoms with E-state index in [-0.39, 0.29) is 36.1 Å². The van der Waals surface area contributed by atoms with Gasteiger partial charge in [-0.05, 0) is 45.0 Å². The van der Waals surface area contributed by atoms with Gasteiger partial charge in [-0.3, -0.25) is 4.99 Å². The van der Waals surface area contributed by atoms with Crippen molar-refractivity contribution in [2.24, 2.45) is 4.99 Å². The van der Waals surface area contributed by atoms with E-state index in [2.05, 4.69) is 25.8 Å². The number of nitrogens with one attached hydrogen (secondary N) is 2. The molecule has 2 aromatic rings. The molecule has 1 aromatic carbocycles. The minimum Gasteiger partial charge on any atom is -0.444 e. The van der Waals surface area contributed by atoms with Gasteiger partial charge in [0.1, 0.15) is 5.60 Å². The normalized spacial score (nSPS) is 14.6. The quantitative estimate of drug-likeness (QED) is 0.343. The highest BCUT2D eigenvalue weighted by molar-refractivity contribution is 14.0. The summed E-state index contributed by atoms with van der Waals surface area (Å²) in [6.07, 6.45) is -0.306. The number of carbonyl (C=O) groups is 1. The summed E-state index contributed by atoms with van der Waals surface area (Å²) in [4.78, 5) is 22.2. The van der Waals surface area contributed by atoms with Crippen LogP contribution in [0.25, 0.3) is 11.4 Å². The molecule has 3 rings (SSSR count). The lowest BCUT2D eigenvalue weighted by Crippen LogP contribution is -2.63. The zero-order valence-corrected chi connectivity index (χ0v) is 20.4. The molecule has 0 unspecified atom stereocenters. The van der Waals surface area contributed by atoms with Gasteiger partial charge < -0.3 is 24.8 Å². The van der Waals surface area contributed by atoms with E-state index in [4.69, 9.17) is 20.9 Å². The van der Waals surface area contributed by atoms with E-state index in [0.29, 0.717) is 42.3 Å². The predicted octanol–water partition coefficient (Wildman–Crippen LogP) is 3.29. The molecule has 1 aliphatic rings. The fourth-order valence-corrected chi connectivity index (χ4v) is 2.76. The van der Waals surface area contributed by atoms with E-state index in [0.717, 1.165) is 5.56 Å². The molecule has 0 spiro atoms. The van der Waals surface area contributed by atoms with Crippen molar-refractivity contribution in [3.05, 3.63) is 35.2 Å². The molecule has 30 heavy (non-hydrogen) atoms. The van der Waals surface area contributed by atoms with Crippen molar-refractivity contribution < 1.29 is 14.1 Å². The maximum Gasteiger partial charge on any atom is 0.410 e. The van der Waals surface area contributed by atoms with E-state index in [1.54, 1.807) is 24.1 Å². The molecular formula is C19H26ClIN6O3. The first-order valence-corrected chi connectivity index (χ1v) is 9.65. The van der Waals surface area contributed by atoms with Crippen molar-refractivity contribution in [3.63, 3.8) is 0 Å². The Bertz CT molecular complexity index is 875. The van der Waals surface area contributed by atoms with Gasteiger partial charge in [-0.1, -0.05) is 16.8 Å². The summed E-state index contributed by atoms with van der Waals surface area (Å²) in [6, 6.07) is 7.31. The third-order valence-corrected chi connectivity index (χ3v) is 4.33. The van der Waals surface area contributed by atoms with Gasteiger partial charge in [-0.25, -0.2) is 4.79 Å². The lowest BCUT2D eigenvalue weighted by molar-refractivity contribution is 0.00701. The Hall–Kier alpha value is -2.08. The Morgan fingerprint density at radius 1 is 1.33 bits per heavy atom. The molecule has 0 atom stereocenters. The second-order valence-corrected chi connectivity index (χ2v) is 8.11. The van der Waals surface area contributed by atoms with E-state index in [9.17, 15) is 4.79 Å². The number of amides is 1. The van der Waals surface area contributed by atoms with Crippen molar-refractivity contribution in [2.45, 2.75) is 39.0 Å². The molecule has 2 heterocycles. The van der Waals surface area contributed by atoms with Crippen LogP contribution >= 0.6 is 35.6 Å². The highest BCUT2D eigenvalue weighted by Gasteiger charge is 2.34. The van der Waals surface area contributed by atoms with E-state index in [1.165, 1.54) is 0 Å². The zero-order valence-electron chi connectivity index (χ0n) is 17.3. The van der Waals surface area contributed by atoms with Crippen LogP contribution < -0.4 is 10.6 Å². The molecule has 0 aliphatic carbocycles. The molecule has 0 radical (unpaired) electrons. The number of aliphatic imine (C=N–C) groups is 1. The van der Waals surface area contributed by atoms with Crippen LogP contribution in [0.5, 0.6) is 0 Å². The summed E-state index contributed by atoms with van der Waals surface area (Å²) in [5, 5.41) is 11.0. The van der Waals surface area contributed by atoms with Crippen LogP contribution in [0, 0.1) is 0 Å². The van der Waals surface area contributed by atoms with Crippen LogP contribution in [0.2, 0.25) is 5.02 Å². The number of hydrogen-bond donors (Lipinski definition) is 2. The largest absolute Gasteiger partial charge is 0.444 e. The third-order valence-electron chi connectivity index (χ3n) is 4.08. The smallest absolute Gasteiger partial charge is 0.410 e. The summed E-state index contributed by atoms with van der Waals surface area (Å²) in [5.41, 5.74) is 0.325. The summed E-state index contributed by atoms with van der Waals surface area (Å²) >= 11 is 5.89. The lowest BCUT2D eigenvalue weighted by Gasteiger charge is -2.40. The number of benzene rings is 1. The zero-order chi connectivity index (χ0) is 21.0. The topological polar surface area (TPSA) is 105 Å². The van der Waals surface area contributed by atoms with Crippen molar-refractivity contribution in [1.29, 1.82) is 0 Å². The van der Waals surface area contributed by atoms with E-state index < -0.39 is 5.60 Å². The van der Waals surface area contributed by atoms with Gasteiger partial charge in [0.15, 0.2) is 5.96 Å². The third kappa shape index (κ3) is 6.73. The van der Waals surface area contributed by atoms with E-state index in [1.807, 2.05) is 32.9 Å². The highest BCUT2D eigenvalue weighted by atomic mass is 127.